The highest BCUT2D eigenvalue weighted by molar-refractivity contribution is 7.92. The fraction of sp³-hybridized carbons (Fsp3) is 0.552. The van der Waals surface area contributed by atoms with Crippen molar-refractivity contribution in [1.82, 2.24) is 9.97 Å². The highest BCUT2D eigenvalue weighted by atomic mass is 32.2. The molecule has 210 valence electrons. The average Bonchev–Trinajstić information content (AvgIpc) is 2.78. The number of carboxylic acid groups (broad SMARTS) is 1. The normalized spacial score (nSPS) is 14.3. The van der Waals surface area contributed by atoms with E-state index in [4.69, 9.17) is 0 Å². The van der Waals surface area contributed by atoms with Gasteiger partial charge in [0.2, 0.25) is 16.0 Å². The third-order valence-electron chi connectivity index (χ3n) is 6.95. The van der Waals surface area contributed by atoms with Gasteiger partial charge in [0, 0.05) is 24.6 Å². The van der Waals surface area contributed by atoms with Crippen molar-refractivity contribution in [2.75, 3.05) is 17.6 Å². The van der Waals surface area contributed by atoms with Crippen molar-refractivity contribution in [3.05, 3.63) is 47.4 Å². The molecule has 0 aliphatic heterocycles. The van der Waals surface area contributed by atoms with E-state index in [1.54, 1.807) is 12.1 Å². The summed E-state index contributed by atoms with van der Waals surface area (Å²) in [5.74, 6) is -0.949. The molecule has 0 radical (unpaired) electrons. The number of rotatable bonds is 11. The zero-order chi connectivity index (χ0) is 29.0. The fourth-order valence-corrected chi connectivity index (χ4v) is 4.65. The third-order valence-corrected chi connectivity index (χ3v) is 8.11. The number of anilines is 1. The van der Waals surface area contributed by atoms with Crippen LogP contribution in [0.1, 0.15) is 78.5 Å². The number of carbonyl (C=O) groups is 1. The molecule has 1 heterocycles. The second kappa shape index (κ2) is 12.4. The van der Waals surface area contributed by atoms with Gasteiger partial charge >= 0.3 is 5.97 Å². The molecule has 0 aliphatic carbocycles. The standard InChI is InChI=1S/C29H42FN3O4S/c1-18(2)21(17-25(34)35)16-22(29(5,6)7)12-15-24-26(19(3)4)31-28(33(8)38(9,36)37)32-27(24)20-10-13-23(30)14-11-20/h10-15,18-19,21-22H,16-17H2,1-9H3,(H,34,35)/b15-12+. The molecule has 2 unspecified atom stereocenters. The van der Waals surface area contributed by atoms with E-state index >= 15 is 0 Å². The van der Waals surface area contributed by atoms with Gasteiger partial charge in [-0.3, -0.25) is 4.79 Å². The number of aliphatic carboxylic acids is 1. The maximum Gasteiger partial charge on any atom is 0.303 e. The molecular weight excluding hydrogens is 505 g/mol. The second-order valence-corrected chi connectivity index (χ2v) is 13.7. The van der Waals surface area contributed by atoms with E-state index in [0.29, 0.717) is 23.4 Å². The molecule has 0 saturated carbocycles. The molecular formula is C29H42FN3O4S. The van der Waals surface area contributed by atoms with Crippen LogP contribution in [0.4, 0.5) is 10.3 Å². The van der Waals surface area contributed by atoms with Crippen LogP contribution in [0.25, 0.3) is 17.3 Å². The minimum atomic E-state index is -3.61. The van der Waals surface area contributed by atoms with Crippen molar-refractivity contribution in [1.29, 1.82) is 0 Å². The van der Waals surface area contributed by atoms with Crippen LogP contribution in [0.5, 0.6) is 0 Å². The number of aromatic nitrogens is 2. The maximum absolute atomic E-state index is 13.8. The zero-order valence-electron chi connectivity index (χ0n) is 24.0. The molecule has 2 rings (SSSR count). The van der Waals surface area contributed by atoms with E-state index in [1.807, 2.05) is 33.8 Å². The molecule has 1 aromatic carbocycles. The number of halogens is 1. The first-order valence-corrected chi connectivity index (χ1v) is 14.8. The van der Waals surface area contributed by atoms with Crippen molar-refractivity contribution in [3.8, 4) is 11.3 Å². The zero-order valence-corrected chi connectivity index (χ0v) is 24.8. The van der Waals surface area contributed by atoms with E-state index in [1.165, 1.54) is 19.2 Å². The summed E-state index contributed by atoms with van der Waals surface area (Å²) in [6.07, 6.45) is 5.95. The van der Waals surface area contributed by atoms with Crippen LogP contribution in [0.2, 0.25) is 0 Å². The monoisotopic (exact) mass is 547 g/mol. The minimum absolute atomic E-state index is 0.00421. The van der Waals surface area contributed by atoms with E-state index in [9.17, 15) is 22.7 Å². The summed E-state index contributed by atoms with van der Waals surface area (Å²) in [7, 11) is -2.21. The molecule has 2 aromatic rings. The summed E-state index contributed by atoms with van der Waals surface area (Å²) in [4.78, 5) is 20.8. The van der Waals surface area contributed by atoms with Gasteiger partial charge in [-0.05, 0) is 59.8 Å². The van der Waals surface area contributed by atoms with Crippen molar-refractivity contribution >= 4 is 28.0 Å². The topological polar surface area (TPSA) is 100 Å². The summed E-state index contributed by atoms with van der Waals surface area (Å²) in [6.45, 7) is 14.4. The molecule has 0 fully saturated rings. The first-order valence-electron chi connectivity index (χ1n) is 12.9. The number of nitrogens with zero attached hydrogens (tertiary/aromatic N) is 3. The minimum Gasteiger partial charge on any atom is -0.481 e. The average molecular weight is 548 g/mol. The van der Waals surface area contributed by atoms with Crippen molar-refractivity contribution in [3.63, 3.8) is 0 Å². The molecule has 1 N–H and O–H groups in total. The van der Waals surface area contributed by atoms with Gasteiger partial charge in [-0.1, -0.05) is 60.6 Å². The Kier molecular flexibility index (Phi) is 10.2. The highest BCUT2D eigenvalue weighted by Crippen LogP contribution is 2.38. The maximum atomic E-state index is 13.8. The van der Waals surface area contributed by atoms with Crippen LogP contribution in [0, 0.1) is 29.0 Å². The van der Waals surface area contributed by atoms with Crippen molar-refractivity contribution in [2.45, 2.75) is 67.2 Å². The smallest absolute Gasteiger partial charge is 0.303 e. The number of benzene rings is 1. The Labute approximate surface area is 227 Å². The van der Waals surface area contributed by atoms with E-state index in [-0.39, 0.29) is 47.3 Å². The summed E-state index contributed by atoms with van der Waals surface area (Å²) >= 11 is 0. The Morgan fingerprint density at radius 3 is 2.13 bits per heavy atom. The lowest BCUT2D eigenvalue weighted by Gasteiger charge is -2.33. The van der Waals surface area contributed by atoms with Gasteiger partial charge in [-0.15, -0.1) is 0 Å². The Hall–Kier alpha value is -2.81. The first kappa shape index (κ1) is 31.4. The van der Waals surface area contributed by atoms with Crippen LogP contribution in [0.15, 0.2) is 30.3 Å². The Balaban J connectivity index is 2.75. The van der Waals surface area contributed by atoms with Gasteiger partial charge in [0.15, 0.2) is 0 Å². The van der Waals surface area contributed by atoms with Crippen LogP contribution < -0.4 is 4.31 Å². The third kappa shape index (κ3) is 8.35. The SMILES string of the molecule is CC(C)c1nc(N(C)S(C)(=O)=O)nc(-c2ccc(F)cc2)c1/C=C/C(CC(CC(=O)O)C(C)C)C(C)(C)C. The molecule has 38 heavy (non-hydrogen) atoms. The highest BCUT2D eigenvalue weighted by Gasteiger charge is 2.29. The van der Waals surface area contributed by atoms with E-state index < -0.39 is 16.0 Å². The summed E-state index contributed by atoms with van der Waals surface area (Å²) < 4.78 is 39.4. The number of sulfonamides is 1. The lowest BCUT2D eigenvalue weighted by molar-refractivity contribution is -0.138. The molecule has 0 bridgehead atoms. The Morgan fingerprint density at radius 1 is 1.11 bits per heavy atom. The second-order valence-electron chi connectivity index (χ2n) is 11.7. The van der Waals surface area contributed by atoms with Gasteiger partial charge in [-0.2, -0.15) is 0 Å². The van der Waals surface area contributed by atoms with Gasteiger partial charge in [0.25, 0.3) is 0 Å². The van der Waals surface area contributed by atoms with Crippen molar-refractivity contribution in [2.24, 2.45) is 23.2 Å². The molecule has 2 atom stereocenters. The molecule has 1 aromatic heterocycles. The van der Waals surface area contributed by atoms with Crippen molar-refractivity contribution < 1.29 is 22.7 Å². The largest absolute Gasteiger partial charge is 0.481 e. The van der Waals surface area contributed by atoms with Gasteiger partial charge in [-0.25, -0.2) is 27.1 Å². The lowest BCUT2D eigenvalue weighted by Crippen LogP contribution is -2.27. The van der Waals surface area contributed by atoms with E-state index in [2.05, 4.69) is 36.8 Å². The number of hydrogen-bond acceptors (Lipinski definition) is 5. The number of allylic oxidation sites excluding steroid dienone is 1. The first-order chi connectivity index (χ1) is 17.4. The van der Waals surface area contributed by atoms with E-state index in [0.717, 1.165) is 16.1 Å². The van der Waals surface area contributed by atoms with Crippen LogP contribution in [0.3, 0.4) is 0 Å². The Morgan fingerprint density at radius 2 is 1.68 bits per heavy atom. The van der Waals surface area contributed by atoms with Crippen LogP contribution in [-0.2, 0) is 14.8 Å². The predicted octanol–water partition coefficient (Wildman–Crippen LogP) is 6.61. The summed E-state index contributed by atoms with van der Waals surface area (Å²) in [6, 6.07) is 5.92. The quantitative estimate of drug-likeness (QED) is 0.340. The van der Waals surface area contributed by atoms with Crippen LogP contribution in [-0.4, -0.2) is 42.8 Å². The summed E-state index contributed by atoms with van der Waals surface area (Å²) in [5, 5.41) is 9.46. The molecule has 0 spiro atoms. The number of carboxylic acids is 1. The molecule has 0 amide bonds. The molecule has 7 nitrogen and oxygen atoms in total. The number of hydrogen-bond donors (Lipinski definition) is 1. The molecule has 9 heteroatoms. The molecule has 0 aliphatic rings. The van der Waals surface area contributed by atoms with Gasteiger partial charge in [0.1, 0.15) is 5.82 Å². The van der Waals surface area contributed by atoms with Gasteiger partial charge in [0.05, 0.1) is 17.6 Å². The van der Waals surface area contributed by atoms with Crippen LogP contribution >= 0.6 is 0 Å². The van der Waals surface area contributed by atoms with Gasteiger partial charge < -0.3 is 5.11 Å². The fourth-order valence-electron chi connectivity index (χ4n) is 4.27. The summed E-state index contributed by atoms with van der Waals surface area (Å²) in [5.41, 5.74) is 2.39. The predicted molar refractivity (Wildman–Crippen MR) is 152 cm³/mol. The Bertz CT molecular complexity index is 1250. The molecule has 0 saturated heterocycles. The lowest BCUT2D eigenvalue weighted by atomic mass is 9.72.